The lowest BCUT2D eigenvalue weighted by Crippen LogP contribution is -2.21. The van der Waals surface area contributed by atoms with Crippen molar-refractivity contribution in [3.8, 4) is 0 Å². The van der Waals surface area contributed by atoms with Crippen LogP contribution in [0.15, 0.2) is 0 Å². The van der Waals surface area contributed by atoms with Crippen LogP contribution in [0.5, 0.6) is 0 Å². The lowest BCUT2D eigenvalue weighted by Gasteiger charge is -2.00. The van der Waals surface area contributed by atoms with Gasteiger partial charge in [-0.05, 0) is 19.4 Å². The Morgan fingerprint density at radius 1 is 1.75 bits per heavy atom. The van der Waals surface area contributed by atoms with Gasteiger partial charge < -0.3 is 5.32 Å². The summed E-state index contributed by atoms with van der Waals surface area (Å²) in [5, 5.41) is 3.20. The standard InChI is InChI=1S/C6H10NO/c8-5-3-6-2-1-4-7-6/h6-7H,1-4H2. The fourth-order valence-electron chi connectivity index (χ4n) is 1.03. The Labute approximate surface area is 49.3 Å². The molecule has 1 unspecified atom stereocenters. The fraction of sp³-hybridized carbons (Fsp3) is 0.833. The zero-order chi connectivity index (χ0) is 5.82. The van der Waals surface area contributed by atoms with E-state index in [4.69, 9.17) is 0 Å². The lowest BCUT2D eigenvalue weighted by atomic mass is 10.2. The molecule has 8 heavy (non-hydrogen) atoms. The first-order valence-electron chi connectivity index (χ1n) is 3.02. The summed E-state index contributed by atoms with van der Waals surface area (Å²) in [4.78, 5) is 9.80. The molecule has 45 valence electrons. The highest BCUT2D eigenvalue weighted by Crippen LogP contribution is 2.05. The van der Waals surface area contributed by atoms with Gasteiger partial charge in [-0.25, -0.2) is 0 Å². The van der Waals surface area contributed by atoms with Crippen LogP contribution in [0.1, 0.15) is 19.3 Å². The number of hydrogen-bond donors (Lipinski definition) is 1. The Morgan fingerprint density at radius 2 is 2.62 bits per heavy atom. The van der Waals surface area contributed by atoms with Crippen LogP contribution in [-0.4, -0.2) is 18.9 Å². The number of nitrogens with one attached hydrogen (secondary N) is 1. The van der Waals surface area contributed by atoms with Crippen molar-refractivity contribution < 1.29 is 4.79 Å². The Hall–Kier alpha value is -0.370. The predicted molar refractivity (Wildman–Crippen MR) is 31.3 cm³/mol. The van der Waals surface area contributed by atoms with Crippen molar-refractivity contribution in [2.45, 2.75) is 25.3 Å². The molecule has 2 nitrogen and oxygen atoms in total. The van der Waals surface area contributed by atoms with E-state index < -0.39 is 0 Å². The maximum atomic E-state index is 9.80. The Morgan fingerprint density at radius 3 is 3.12 bits per heavy atom. The van der Waals surface area contributed by atoms with Crippen molar-refractivity contribution in [3.05, 3.63) is 0 Å². The fourth-order valence-corrected chi connectivity index (χ4v) is 1.03. The summed E-state index contributed by atoms with van der Waals surface area (Å²) in [5.41, 5.74) is 0. The van der Waals surface area contributed by atoms with E-state index in [0.717, 1.165) is 13.0 Å². The van der Waals surface area contributed by atoms with Crippen LogP contribution in [0.3, 0.4) is 0 Å². The minimum atomic E-state index is 0.437. The van der Waals surface area contributed by atoms with Crippen molar-refractivity contribution in [2.24, 2.45) is 0 Å². The smallest absolute Gasteiger partial charge is 0.199 e. The largest absolute Gasteiger partial charge is 0.314 e. The van der Waals surface area contributed by atoms with E-state index in [-0.39, 0.29) is 0 Å². The molecule has 0 bridgehead atoms. The summed E-state index contributed by atoms with van der Waals surface area (Å²) in [5.74, 6) is 0. The topological polar surface area (TPSA) is 29.1 Å². The van der Waals surface area contributed by atoms with Crippen molar-refractivity contribution in [1.29, 1.82) is 0 Å². The highest BCUT2D eigenvalue weighted by atomic mass is 16.1. The first-order chi connectivity index (χ1) is 3.93. The van der Waals surface area contributed by atoms with Crippen molar-refractivity contribution in [2.75, 3.05) is 6.54 Å². The van der Waals surface area contributed by atoms with E-state index in [2.05, 4.69) is 5.32 Å². The summed E-state index contributed by atoms with van der Waals surface area (Å²) < 4.78 is 0. The third-order valence-electron chi connectivity index (χ3n) is 1.49. The highest BCUT2D eigenvalue weighted by molar-refractivity contribution is 5.51. The molecule has 1 atom stereocenters. The second-order valence-corrected chi connectivity index (χ2v) is 2.14. The van der Waals surface area contributed by atoms with Gasteiger partial charge in [0, 0.05) is 12.5 Å². The zero-order valence-electron chi connectivity index (χ0n) is 4.81. The molecule has 1 aliphatic rings. The van der Waals surface area contributed by atoms with Crippen molar-refractivity contribution in [1.82, 2.24) is 5.32 Å². The molecule has 0 amide bonds. The van der Waals surface area contributed by atoms with Gasteiger partial charge in [0.05, 0.1) is 0 Å². The number of hydrogen-bond acceptors (Lipinski definition) is 2. The Bertz CT molecular complexity index is 76.6. The molecule has 1 rings (SSSR count). The average Bonchev–Trinajstić information content (AvgIpc) is 2.19. The van der Waals surface area contributed by atoms with Gasteiger partial charge in [0.25, 0.3) is 0 Å². The van der Waals surface area contributed by atoms with Crippen LogP contribution in [0, 0.1) is 0 Å². The van der Waals surface area contributed by atoms with E-state index in [1.807, 2.05) is 6.29 Å². The number of rotatable bonds is 2. The van der Waals surface area contributed by atoms with Crippen LogP contribution in [0.2, 0.25) is 0 Å². The van der Waals surface area contributed by atoms with Crippen LogP contribution >= 0.6 is 0 Å². The molecule has 0 spiro atoms. The molecule has 1 radical (unpaired) electrons. The zero-order valence-corrected chi connectivity index (χ0v) is 4.81. The van der Waals surface area contributed by atoms with Gasteiger partial charge in [0.2, 0.25) is 0 Å². The third kappa shape index (κ3) is 1.30. The molecular formula is C6H10NO. The average molecular weight is 112 g/mol. The summed E-state index contributed by atoms with van der Waals surface area (Å²) in [7, 11) is 0. The van der Waals surface area contributed by atoms with Crippen LogP contribution < -0.4 is 5.32 Å². The third-order valence-corrected chi connectivity index (χ3v) is 1.49. The highest BCUT2D eigenvalue weighted by Gasteiger charge is 2.12. The molecular weight excluding hydrogens is 102 g/mol. The van der Waals surface area contributed by atoms with E-state index in [9.17, 15) is 4.79 Å². The molecule has 1 fully saturated rings. The lowest BCUT2D eigenvalue weighted by molar-refractivity contribution is 0.530. The predicted octanol–water partition coefficient (Wildman–Crippen LogP) is 0.238. The first-order valence-corrected chi connectivity index (χ1v) is 3.02. The second kappa shape index (κ2) is 2.82. The molecule has 0 aromatic rings. The monoisotopic (exact) mass is 112 g/mol. The quantitative estimate of drug-likeness (QED) is 0.554. The minimum absolute atomic E-state index is 0.437. The minimum Gasteiger partial charge on any atom is -0.314 e. The van der Waals surface area contributed by atoms with Crippen LogP contribution in [0.4, 0.5) is 0 Å². The molecule has 0 aliphatic carbocycles. The SMILES string of the molecule is O=[C]CC1CCCN1. The molecule has 0 aromatic heterocycles. The van der Waals surface area contributed by atoms with Crippen LogP contribution in [-0.2, 0) is 4.79 Å². The normalized spacial score (nSPS) is 28.2. The Balaban J connectivity index is 2.14. The van der Waals surface area contributed by atoms with Gasteiger partial charge in [-0.3, -0.25) is 4.79 Å². The van der Waals surface area contributed by atoms with Gasteiger partial charge in [0.15, 0.2) is 6.29 Å². The van der Waals surface area contributed by atoms with Gasteiger partial charge in [-0.15, -0.1) is 0 Å². The summed E-state index contributed by atoms with van der Waals surface area (Å²) in [6.45, 7) is 1.08. The van der Waals surface area contributed by atoms with Gasteiger partial charge >= 0.3 is 0 Å². The van der Waals surface area contributed by atoms with Gasteiger partial charge in [-0.1, -0.05) is 0 Å². The second-order valence-electron chi connectivity index (χ2n) is 2.14. The molecule has 1 saturated heterocycles. The van der Waals surface area contributed by atoms with E-state index >= 15 is 0 Å². The molecule has 1 heterocycles. The first kappa shape index (κ1) is 5.76. The van der Waals surface area contributed by atoms with Crippen LogP contribution in [0.25, 0.3) is 0 Å². The van der Waals surface area contributed by atoms with Crippen molar-refractivity contribution >= 4 is 6.29 Å². The van der Waals surface area contributed by atoms with Gasteiger partial charge in [0.1, 0.15) is 0 Å². The van der Waals surface area contributed by atoms with E-state index in [1.165, 1.54) is 6.42 Å². The maximum Gasteiger partial charge on any atom is 0.199 e. The maximum absolute atomic E-state index is 9.80. The molecule has 0 saturated carbocycles. The molecule has 0 aromatic carbocycles. The van der Waals surface area contributed by atoms with Crippen molar-refractivity contribution in [3.63, 3.8) is 0 Å². The van der Waals surface area contributed by atoms with E-state index in [1.54, 1.807) is 0 Å². The molecule has 1 N–H and O–H groups in total. The summed E-state index contributed by atoms with van der Waals surface area (Å²) in [6, 6.07) is 0.437. The summed E-state index contributed by atoms with van der Waals surface area (Å²) >= 11 is 0. The van der Waals surface area contributed by atoms with Gasteiger partial charge in [-0.2, -0.15) is 0 Å². The Kier molecular flexibility index (Phi) is 2.03. The number of carbonyl (C=O) groups excluding carboxylic acids is 1. The van der Waals surface area contributed by atoms with E-state index in [0.29, 0.717) is 12.5 Å². The molecule has 2 heteroatoms. The summed E-state index contributed by atoms with van der Waals surface area (Å²) in [6.07, 6.45) is 4.83. The molecule has 1 aliphatic heterocycles.